The van der Waals surface area contributed by atoms with Crippen LogP contribution in [-0.2, 0) is 0 Å². The first-order chi connectivity index (χ1) is 11.3. The molecule has 1 fully saturated rings. The molecule has 2 atom stereocenters. The van der Waals surface area contributed by atoms with Crippen LogP contribution < -0.4 is 4.48 Å². The van der Waals surface area contributed by atoms with Crippen molar-refractivity contribution in [2.24, 2.45) is 0 Å². The van der Waals surface area contributed by atoms with Crippen molar-refractivity contribution in [1.29, 1.82) is 0 Å². The van der Waals surface area contributed by atoms with Gasteiger partial charge in [-0.2, -0.15) is 0 Å². The monoisotopic (exact) mass is 449 g/mol. The van der Waals surface area contributed by atoms with Gasteiger partial charge in [-0.3, -0.25) is 4.90 Å². The maximum atomic E-state index is 2.69. The van der Waals surface area contributed by atoms with Crippen LogP contribution in [0.3, 0.4) is 0 Å². The molecule has 4 heterocycles. The highest BCUT2D eigenvalue weighted by molar-refractivity contribution is 14.0. The van der Waals surface area contributed by atoms with E-state index < -0.39 is 0 Å². The van der Waals surface area contributed by atoms with Crippen molar-refractivity contribution in [3.8, 4) is 11.1 Å². The van der Waals surface area contributed by atoms with Crippen molar-refractivity contribution < 1.29 is 0 Å². The van der Waals surface area contributed by atoms with E-state index in [0.29, 0.717) is 6.04 Å². The topological polar surface area (TPSA) is 3.24 Å². The Morgan fingerprint density at radius 1 is 1.12 bits per heavy atom. The van der Waals surface area contributed by atoms with Crippen molar-refractivity contribution in [3.63, 3.8) is 0 Å². The number of hydrogen-bond acceptors (Lipinski definition) is 2. The molecule has 3 aliphatic heterocycles. The van der Waals surface area contributed by atoms with Crippen LogP contribution in [0, 0.1) is 0 Å². The van der Waals surface area contributed by atoms with Crippen LogP contribution in [0.4, 0.5) is 5.69 Å². The van der Waals surface area contributed by atoms with Crippen LogP contribution in [0.2, 0.25) is 0 Å². The molecule has 0 spiro atoms. The Labute approximate surface area is 164 Å². The van der Waals surface area contributed by atoms with Crippen molar-refractivity contribution in [2.45, 2.75) is 18.9 Å². The third-order valence-electron chi connectivity index (χ3n) is 5.56. The second kappa shape index (κ2) is 6.09. The zero-order valence-corrected chi connectivity index (χ0v) is 17.0. The van der Waals surface area contributed by atoms with Gasteiger partial charge in [0, 0.05) is 11.5 Å². The molecule has 0 N–H and O–H groups in total. The van der Waals surface area contributed by atoms with E-state index in [0.717, 1.165) is 4.48 Å². The number of nitrogens with zero attached hydrogens (tertiary/aromatic N) is 2. The Bertz CT molecular complexity index is 817. The van der Waals surface area contributed by atoms with Crippen molar-refractivity contribution in [3.05, 3.63) is 64.6 Å². The summed E-state index contributed by atoms with van der Waals surface area (Å²) in [5.74, 6) is 0. The Balaban J connectivity index is 0.00000146. The van der Waals surface area contributed by atoms with Gasteiger partial charge in [-0.15, -0.1) is 35.3 Å². The van der Waals surface area contributed by atoms with Crippen molar-refractivity contribution in [1.82, 2.24) is 9.38 Å². The third-order valence-corrected chi connectivity index (χ3v) is 6.59. The van der Waals surface area contributed by atoms with Crippen LogP contribution in [0.1, 0.15) is 23.8 Å². The molecule has 2 unspecified atom stereocenters. The van der Waals surface area contributed by atoms with Crippen LogP contribution in [-0.4, -0.2) is 25.0 Å². The maximum absolute atomic E-state index is 2.69. The van der Waals surface area contributed by atoms with Crippen molar-refractivity contribution >= 4 is 41.0 Å². The predicted molar refractivity (Wildman–Crippen MR) is 114 cm³/mol. The molecule has 4 heteroatoms. The summed E-state index contributed by atoms with van der Waals surface area (Å²) < 4.78 is 0.865. The van der Waals surface area contributed by atoms with Gasteiger partial charge < -0.3 is 0 Å². The summed E-state index contributed by atoms with van der Waals surface area (Å²) >= 11 is 1.95. The predicted octanol–water partition coefficient (Wildman–Crippen LogP) is 5.53. The van der Waals surface area contributed by atoms with E-state index in [-0.39, 0.29) is 24.0 Å². The number of allylic oxidation sites excluding steroid dienone is 2. The molecular formula is C20H22IN2S+. The van der Waals surface area contributed by atoms with E-state index >= 15 is 0 Å². The van der Waals surface area contributed by atoms with Crippen LogP contribution in [0.25, 0.3) is 11.1 Å². The van der Waals surface area contributed by atoms with E-state index in [1.165, 1.54) is 48.4 Å². The number of likely N-dealkylation sites (tertiary alicyclic amines) is 1. The molecule has 1 aromatic heterocycles. The molecule has 3 aliphatic rings. The lowest BCUT2D eigenvalue weighted by Crippen LogP contribution is -2.37. The highest BCUT2D eigenvalue weighted by Crippen LogP contribution is 2.58. The molecule has 0 saturated carbocycles. The summed E-state index contributed by atoms with van der Waals surface area (Å²) in [5, 5.41) is 2.37. The fraction of sp³-hybridized carbons (Fsp3) is 0.300. The average Bonchev–Trinajstić information content (AvgIpc) is 3.31. The molecule has 1 aromatic carbocycles. The van der Waals surface area contributed by atoms with Gasteiger partial charge in [-0.25, -0.2) is 4.48 Å². The van der Waals surface area contributed by atoms with Crippen LogP contribution >= 0.6 is 35.3 Å². The first-order valence-corrected chi connectivity index (χ1v) is 9.34. The van der Waals surface area contributed by atoms with E-state index in [4.69, 9.17) is 0 Å². The van der Waals surface area contributed by atoms with Gasteiger partial charge in [0.2, 0.25) is 0 Å². The lowest BCUT2D eigenvalue weighted by molar-refractivity contribution is 0.270. The minimum absolute atomic E-state index is 0. The fourth-order valence-corrected chi connectivity index (χ4v) is 5.76. The Morgan fingerprint density at radius 3 is 2.62 bits per heavy atom. The molecule has 2 nitrogen and oxygen atoms in total. The van der Waals surface area contributed by atoms with E-state index in [1.54, 1.807) is 4.88 Å². The molecule has 124 valence electrons. The van der Waals surface area contributed by atoms with Gasteiger partial charge in [-0.1, -0.05) is 30.3 Å². The summed E-state index contributed by atoms with van der Waals surface area (Å²) in [5.41, 5.74) is 5.78. The first kappa shape index (κ1) is 16.5. The quantitative estimate of drug-likeness (QED) is 0.431. The second-order valence-electron chi connectivity index (χ2n) is 6.88. The number of thiophene rings is 1. The first-order valence-electron chi connectivity index (χ1n) is 8.47. The SMILES string of the molecule is C[N+]12C=CC=C1C(N1CCCC1)c1scc(-c3ccccc3)c12.I. The minimum Gasteiger partial charge on any atom is -0.287 e. The molecule has 0 aliphatic carbocycles. The van der Waals surface area contributed by atoms with Gasteiger partial charge >= 0.3 is 0 Å². The number of likely N-dealkylation sites (N-methyl/N-ethyl adjacent to an activating group) is 1. The number of benzene rings is 1. The minimum atomic E-state index is 0. The van der Waals surface area contributed by atoms with Crippen LogP contribution in [0.5, 0.6) is 0 Å². The summed E-state index contributed by atoms with van der Waals surface area (Å²) in [4.78, 5) is 4.25. The molecule has 1 saturated heterocycles. The largest absolute Gasteiger partial charge is 0.287 e. The second-order valence-corrected chi connectivity index (χ2v) is 7.79. The lowest BCUT2D eigenvalue weighted by Gasteiger charge is -2.28. The molecule has 2 aromatic rings. The number of fused-ring (bicyclic) bond motifs is 3. The van der Waals surface area contributed by atoms with E-state index in [9.17, 15) is 0 Å². The van der Waals surface area contributed by atoms with Gasteiger partial charge in [0.05, 0.1) is 17.5 Å². The highest BCUT2D eigenvalue weighted by atomic mass is 127. The molecule has 0 radical (unpaired) electrons. The molecule has 0 amide bonds. The Hall–Kier alpha value is -0.950. The van der Waals surface area contributed by atoms with Gasteiger partial charge in [0.25, 0.3) is 0 Å². The van der Waals surface area contributed by atoms with Crippen molar-refractivity contribution in [2.75, 3.05) is 20.1 Å². The summed E-state index contributed by atoms with van der Waals surface area (Å²) in [6, 6.07) is 11.3. The number of hydrogen-bond donors (Lipinski definition) is 0. The molecular weight excluding hydrogens is 427 g/mol. The summed E-state index contributed by atoms with van der Waals surface area (Å²) in [6.45, 7) is 2.47. The standard InChI is InChI=1S/C20H21N2S.HI/c1-22-13-7-10-17(22)18(21-11-5-6-12-21)20-19(22)16(14-23-20)15-8-3-2-4-9-15;/h2-4,7-10,13-14,18H,5-6,11-12H2,1H3;1H/q+1;. The van der Waals surface area contributed by atoms with Crippen LogP contribution in [0.15, 0.2) is 59.8 Å². The highest BCUT2D eigenvalue weighted by Gasteiger charge is 2.52. The smallest absolute Gasteiger partial charge is 0.166 e. The number of quaternary nitrogens is 1. The molecule has 5 rings (SSSR count). The van der Waals surface area contributed by atoms with Gasteiger partial charge in [0.1, 0.15) is 17.9 Å². The Kier molecular flexibility index (Phi) is 4.19. The van der Waals surface area contributed by atoms with Gasteiger partial charge in [-0.05, 0) is 37.6 Å². The zero-order chi connectivity index (χ0) is 15.4. The average molecular weight is 449 g/mol. The number of rotatable bonds is 2. The lowest BCUT2D eigenvalue weighted by atomic mass is 10.1. The fourth-order valence-electron chi connectivity index (χ4n) is 4.45. The maximum Gasteiger partial charge on any atom is 0.166 e. The Morgan fingerprint density at radius 2 is 1.88 bits per heavy atom. The van der Waals surface area contributed by atoms with E-state index in [2.05, 4.69) is 66.0 Å². The van der Waals surface area contributed by atoms with E-state index in [1.807, 2.05) is 11.3 Å². The zero-order valence-electron chi connectivity index (χ0n) is 13.8. The summed E-state index contributed by atoms with van der Waals surface area (Å²) in [6.07, 6.45) is 9.63. The third kappa shape index (κ3) is 2.20. The molecule has 0 bridgehead atoms. The van der Waals surface area contributed by atoms with Gasteiger partial charge in [0.15, 0.2) is 5.69 Å². The molecule has 24 heavy (non-hydrogen) atoms. The number of halogens is 1. The normalized spacial score (nSPS) is 27.7. The summed E-state index contributed by atoms with van der Waals surface area (Å²) in [7, 11) is 2.35.